The van der Waals surface area contributed by atoms with Crippen molar-refractivity contribution < 1.29 is 28.9 Å². The van der Waals surface area contributed by atoms with Gasteiger partial charge in [-0.25, -0.2) is 4.79 Å². The number of hydrogen-bond donors (Lipinski definition) is 1. The lowest BCUT2D eigenvalue weighted by Gasteiger charge is -2.37. The summed E-state index contributed by atoms with van der Waals surface area (Å²) in [4.78, 5) is 26.8. The average Bonchev–Trinajstić information content (AvgIpc) is 2.74. The molecule has 1 fully saturated rings. The number of carbonyl (C=O) groups excluding carboxylic acids is 1. The van der Waals surface area contributed by atoms with Gasteiger partial charge in [0.25, 0.3) is 5.91 Å². The minimum atomic E-state index is -1.03. The topological polar surface area (TPSA) is 85.3 Å². The van der Waals surface area contributed by atoms with Crippen LogP contribution >= 0.6 is 0 Å². The molecule has 29 heavy (non-hydrogen) atoms. The fourth-order valence-corrected chi connectivity index (χ4v) is 3.52. The van der Waals surface area contributed by atoms with Crippen LogP contribution in [0.4, 0.5) is 0 Å². The summed E-state index contributed by atoms with van der Waals surface area (Å²) < 4.78 is 16.6. The summed E-state index contributed by atoms with van der Waals surface area (Å²) in [6.07, 6.45) is 2.62. The van der Waals surface area contributed by atoms with Crippen LogP contribution in [0.2, 0.25) is 0 Å². The minimum absolute atomic E-state index is 0.104. The number of methoxy groups -OCH3 is 1. The number of ether oxygens (including phenoxy) is 3. The maximum atomic E-state index is 13.4. The van der Waals surface area contributed by atoms with Gasteiger partial charge in [0.15, 0.2) is 6.10 Å². The van der Waals surface area contributed by atoms with Crippen molar-refractivity contribution in [1.29, 1.82) is 0 Å². The molecule has 1 unspecified atom stereocenters. The lowest BCUT2D eigenvalue weighted by Crippen LogP contribution is -2.51. The first-order chi connectivity index (χ1) is 14.1. The summed E-state index contributed by atoms with van der Waals surface area (Å²) in [6, 6.07) is 9.53. The first-order valence-electron chi connectivity index (χ1n) is 10.4. The molecule has 0 spiro atoms. The van der Waals surface area contributed by atoms with E-state index in [4.69, 9.17) is 14.2 Å². The smallest absolute Gasteiger partial charge is 0.332 e. The van der Waals surface area contributed by atoms with Crippen LogP contribution < -0.4 is 0 Å². The van der Waals surface area contributed by atoms with E-state index in [1.54, 1.807) is 12.0 Å². The van der Waals surface area contributed by atoms with E-state index in [1.807, 2.05) is 37.3 Å². The highest BCUT2D eigenvalue weighted by Crippen LogP contribution is 2.22. The standard InChI is InChI=1S/C22H33NO6/c1-3-4-12-18(22(25)26)29-19(15-17-10-6-5-7-11-17)21(24)23-14-9-8-13-20(23)28-16-27-2/h5-7,10-11,18-20H,3-4,8-9,12-16H2,1-2H3,(H,25,26)/t18-,19-,20?/m0/s1. The van der Waals surface area contributed by atoms with Crippen LogP contribution in [0.1, 0.15) is 51.0 Å². The van der Waals surface area contributed by atoms with E-state index in [1.165, 1.54) is 0 Å². The van der Waals surface area contributed by atoms with Crippen molar-refractivity contribution in [2.45, 2.75) is 70.3 Å². The third-order valence-electron chi connectivity index (χ3n) is 5.07. The molecule has 1 amide bonds. The van der Waals surface area contributed by atoms with Crippen LogP contribution in [0.3, 0.4) is 0 Å². The zero-order chi connectivity index (χ0) is 21.1. The predicted octanol–water partition coefficient (Wildman–Crippen LogP) is 3.22. The van der Waals surface area contributed by atoms with Gasteiger partial charge in [0.2, 0.25) is 0 Å². The summed E-state index contributed by atoms with van der Waals surface area (Å²) in [5.74, 6) is -1.26. The number of carboxylic acid groups (broad SMARTS) is 1. The summed E-state index contributed by atoms with van der Waals surface area (Å²) in [5, 5.41) is 9.58. The number of piperidine rings is 1. The Balaban J connectivity index is 2.19. The van der Waals surface area contributed by atoms with Gasteiger partial charge in [0.05, 0.1) is 0 Å². The Morgan fingerprint density at radius 3 is 2.62 bits per heavy atom. The molecule has 1 aromatic rings. The number of aliphatic carboxylic acids is 1. The number of likely N-dealkylation sites (tertiary alicyclic amines) is 1. The predicted molar refractivity (Wildman–Crippen MR) is 108 cm³/mol. The second-order valence-electron chi connectivity index (χ2n) is 7.34. The maximum absolute atomic E-state index is 13.4. The summed E-state index contributed by atoms with van der Waals surface area (Å²) in [5.41, 5.74) is 0.928. The van der Waals surface area contributed by atoms with Crippen LogP contribution in [-0.2, 0) is 30.2 Å². The lowest BCUT2D eigenvalue weighted by molar-refractivity contribution is -0.181. The van der Waals surface area contributed by atoms with E-state index in [0.29, 0.717) is 19.4 Å². The Hall–Kier alpha value is -1.96. The molecular formula is C22H33NO6. The van der Waals surface area contributed by atoms with Crippen molar-refractivity contribution in [2.24, 2.45) is 0 Å². The molecule has 0 aliphatic carbocycles. The van der Waals surface area contributed by atoms with Crippen LogP contribution in [0.25, 0.3) is 0 Å². The van der Waals surface area contributed by atoms with Crippen molar-refractivity contribution in [1.82, 2.24) is 4.90 Å². The summed E-state index contributed by atoms with van der Waals surface area (Å²) in [7, 11) is 1.54. The molecule has 1 N–H and O–H groups in total. The first kappa shape index (κ1) is 23.3. The third-order valence-corrected chi connectivity index (χ3v) is 5.07. The maximum Gasteiger partial charge on any atom is 0.332 e. The molecule has 1 heterocycles. The number of benzene rings is 1. The van der Waals surface area contributed by atoms with Gasteiger partial charge in [0.1, 0.15) is 19.1 Å². The van der Waals surface area contributed by atoms with Gasteiger partial charge >= 0.3 is 5.97 Å². The van der Waals surface area contributed by atoms with Crippen LogP contribution in [-0.4, -0.2) is 60.8 Å². The van der Waals surface area contributed by atoms with Gasteiger partial charge in [-0.15, -0.1) is 0 Å². The van der Waals surface area contributed by atoms with Crippen molar-refractivity contribution in [3.05, 3.63) is 35.9 Å². The highest BCUT2D eigenvalue weighted by molar-refractivity contribution is 5.82. The molecule has 7 nitrogen and oxygen atoms in total. The fraction of sp³-hybridized carbons (Fsp3) is 0.636. The van der Waals surface area contributed by atoms with E-state index in [0.717, 1.165) is 37.7 Å². The average molecular weight is 408 g/mol. The summed E-state index contributed by atoms with van der Waals surface area (Å²) >= 11 is 0. The zero-order valence-corrected chi connectivity index (χ0v) is 17.4. The van der Waals surface area contributed by atoms with E-state index < -0.39 is 18.2 Å². The molecule has 0 radical (unpaired) electrons. The monoisotopic (exact) mass is 407 g/mol. The van der Waals surface area contributed by atoms with Gasteiger partial charge < -0.3 is 24.2 Å². The van der Waals surface area contributed by atoms with Crippen LogP contribution in [0.15, 0.2) is 30.3 Å². The Labute approximate surface area is 172 Å². The first-order valence-corrected chi connectivity index (χ1v) is 10.4. The lowest BCUT2D eigenvalue weighted by atomic mass is 10.0. The number of unbranched alkanes of at least 4 members (excludes halogenated alkanes) is 1. The zero-order valence-electron chi connectivity index (χ0n) is 17.4. The largest absolute Gasteiger partial charge is 0.479 e. The second-order valence-corrected chi connectivity index (χ2v) is 7.34. The quantitative estimate of drug-likeness (QED) is 0.536. The molecule has 162 valence electrons. The molecule has 0 aromatic heterocycles. The number of hydrogen-bond acceptors (Lipinski definition) is 5. The number of nitrogens with zero attached hydrogens (tertiary/aromatic N) is 1. The van der Waals surface area contributed by atoms with E-state index in [2.05, 4.69) is 0 Å². The second kappa shape index (κ2) is 12.6. The van der Waals surface area contributed by atoms with E-state index in [-0.39, 0.29) is 18.9 Å². The highest BCUT2D eigenvalue weighted by Gasteiger charge is 2.35. The molecule has 3 atom stereocenters. The number of rotatable bonds is 12. The molecule has 1 saturated heterocycles. The van der Waals surface area contributed by atoms with E-state index >= 15 is 0 Å². The van der Waals surface area contributed by atoms with Gasteiger partial charge in [0, 0.05) is 20.1 Å². The van der Waals surface area contributed by atoms with Crippen molar-refractivity contribution in [3.8, 4) is 0 Å². The van der Waals surface area contributed by atoms with Gasteiger partial charge in [-0.2, -0.15) is 0 Å². The van der Waals surface area contributed by atoms with Crippen LogP contribution in [0.5, 0.6) is 0 Å². The summed E-state index contributed by atoms with van der Waals surface area (Å²) in [6.45, 7) is 2.67. The van der Waals surface area contributed by atoms with E-state index in [9.17, 15) is 14.7 Å². The third kappa shape index (κ3) is 7.42. The Kier molecular flexibility index (Phi) is 10.1. The fourth-order valence-electron chi connectivity index (χ4n) is 3.52. The van der Waals surface area contributed by atoms with Crippen molar-refractivity contribution in [2.75, 3.05) is 20.4 Å². The molecule has 1 aromatic carbocycles. The van der Waals surface area contributed by atoms with Crippen molar-refractivity contribution in [3.63, 3.8) is 0 Å². The Morgan fingerprint density at radius 2 is 1.97 bits per heavy atom. The SMILES string of the molecule is CCCC[C@H](O[C@@H](Cc1ccccc1)C(=O)N1CCCCC1OCOC)C(=O)O. The number of carboxylic acids is 1. The highest BCUT2D eigenvalue weighted by atomic mass is 16.7. The minimum Gasteiger partial charge on any atom is -0.479 e. The Morgan fingerprint density at radius 1 is 1.21 bits per heavy atom. The molecule has 1 aliphatic heterocycles. The number of carbonyl (C=O) groups is 2. The van der Waals surface area contributed by atoms with Crippen LogP contribution in [0, 0.1) is 0 Å². The number of amides is 1. The Bertz CT molecular complexity index is 623. The molecule has 7 heteroatoms. The van der Waals surface area contributed by atoms with Crippen molar-refractivity contribution >= 4 is 11.9 Å². The van der Waals surface area contributed by atoms with Gasteiger partial charge in [-0.05, 0) is 31.2 Å². The molecule has 0 bridgehead atoms. The molecule has 2 rings (SSSR count). The molecule has 1 aliphatic rings. The normalized spacial score (nSPS) is 19.0. The molecule has 0 saturated carbocycles. The van der Waals surface area contributed by atoms with Gasteiger partial charge in [-0.1, -0.05) is 50.1 Å². The van der Waals surface area contributed by atoms with Gasteiger partial charge in [-0.3, -0.25) is 4.79 Å². The molecular weight excluding hydrogens is 374 g/mol.